The third-order valence-electron chi connectivity index (χ3n) is 13.0. The molecule has 0 amide bonds. The van der Waals surface area contributed by atoms with E-state index < -0.39 is 0 Å². The van der Waals surface area contributed by atoms with Crippen LogP contribution in [0.4, 0.5) is 17.1 Å². The molecule has 11 aromatic carbocycles. The molecule has 2 nitrogen and oxygen atoms in total. The highest BCUT2D eigenvalue weighted by atomic mass is 15.1. The van der Waals surface area contributed by atoms with Crippen molar-refractivity contribution >= 4 is 49.6 Å². The third kappa shape index (κ3) is 7.02. The number of benzene rings is 11. The molecule has 0 saturated heterocycles. The molecule has 66 heavy (non-hydrogen) atoms. The maximum Gasteiger partial charge on any atom is 0.0546 e. The van der Waals surface area contributed by atoms with Crippen LogP contribution in [0.3, 0.4) is 0 Å². The summed E-state index contributed by atoms with van der Waals surface area (Å²) in [5.74, 6) is 0. The lowest BCUT2D eigenvalue weighted by atomic mass is 9.87. The van der Waals surface area contributed by atoms with Crippen molar-refractivity contribution < 1.29 is 0 Å². The van der Waals surface area contributed by atoms with E-state index in [1.165, 1.54) is 82.6 Å². The zero-order valence-electron chi connectivity index (χ0n) is 36.3. The molecule has 12 rings (SSSR count). The van der Waals surface area contributed by atoms with E-state index in [9.17, 15) is 0 Å². The van der Waals surface area contributed by atoms with Crippen LogP contribution in [0.15, 0.2) is 267 Å². The number of nitrogens with zero attached hydrogens (tertiary/aromatic N) is 2. The summed E-state index contributed by atoms with van der Waals surface area (Å²) in [4.78, 5) is 2.45. The van der Waals surface area contributed by atoms with Crippen molar-refractivity contribution in [1.29, 1.82) is 0 Å². The Balaban J connectivity index is 1.04. The van der Waals surface area contributed by atoms with Gasteiger partial charge in [-0.25, -0.2) is 0 Å². The van der Waals surface area contributed by atoms with Crippen LogP contribution >= 0.6 is 0 Å². The number of anilines is 3. The van der Waals surface area contributed by atoms with E-state index in [1.54, 1.807) is 0 Å². The topological polar surface area (TPSA) is 8.17 Å². The number of rotatable bonds is 9. The summed E-state index contributed by atoms with van der Waals surface area (Å²) >= 11 is 0. The Hall–Kier alpha value is -8.72. The van der Waals surface area contributed by atoms with E-state index >= 15 is 0 Å². The van der Waals surface area contributed by atoms with Gasteiger partial charge in [-0.05, 0) is 115 Å². The van der Waals surface area contributed by atoms with Gasteiger partial charge in [-0.15, -0.1) is 0 Å². The summed E-state index contributed by atoms with van der Waals surface area (Å²) in [6.07, 6.45) is 0. The number of aromatic nitrogens is 1. The minimum Gasteiger partial charge on any atom is -0.310 e. The van der Waals surface area contributed by atoms with Gasteiger partial charge in [0.05, 0.1) is 16.7 Å². The SMILES string of the molecule is c1ccc(-c2ccccc2-c2c(-c3ccccc3)cccc2N(c2ccc(-c3ccc(-c4ccc5ccccc5c4)cc3)cc2)c2cccc(-n3c4ccccc4c4ccccc43)c2)cc1. The molecule has 0 atom stereocenters. The predicted octanol–water partition coefficient (Wildman–Crippen LogP) is 17.7. The zero-order valence-corrected chi connectivity index (χ0v) is 36.3. The van der Waals surface area contributed by atoms with Crippen molar-refractivity contribution in [3.05, 3.63) is 267 Å². The van der Waals surface area contributed by atoms with Gasteiger partial charge in [0, 0.05) is 33.4 Å². The van der Waals surface area contributed by atoms with Gasteiger partial charge in [0.15, 0.2) is 0 Å². The van der Waals surface area contributed by atoms with E-state index in [2.05, 4.69) is 276 Å². The summed E-state index contributed by atoms with van der Waals surface area (Å²) in [6.45, 7) is 0. The van der Waals surface area contributed by atoms with Crippen molar-refractivity contribution in [2.75, 3.05) is 4.90 Å². The first-order valence-corrected chi connectivity index (χ1v) is 22.7. The van der Waals surface area contributed by atoms with Crippen LogP contribution in [0.1, 0.15) is 0 Å². The van der Waals surface area contributed by atoms with Gasteiger partial charge in [-0.3, -0.25) is 0 Å². The Morgan fingerprint density at radius 1 is 0.273 bits per heavy atom. The van der Waals surface area contributed by atoms with Crippen LogP contribution in [0.5, 0.6) is 0 Å². The Kier molecular flexibility index (Phi) is 9.89. The molecule has 0 bridgehead atoms. The fraction of sp³-hybridized carbons (Fsp3) is 0. The fourth-order valence-corrected chi connectivity index (χ4v) is 9.86. The van der Waals surface area contributed by atoms with Crippen molar-refractivity contribution in [3.63, 3.8) is 0 Å². The van der Waals surface area contributed by atoms with Gasteiger partial charge in [-0.2, -0.15) is 0 Å². The highest BCUT2D eigenvalue weighted by Crippen LogP contribution is 2.48. The van der Waals surface area contributed by atoms with Crippen LogP contribution in [0.25, 0.3) is 93.9 Å². The fourth-order valence-electron chi connectivity index (χ4n) is 9.86. The first kappa shape index (κ1) is 38.9. The van der Waals surface area contributed by atoms with Gasteiger partial charge in [0.25, 0.3) is 0 Å². The van der Waals surface area contributed by atoms with E-state index in [0.29, 0.717) is 0 Å². The van der Waals surface area contributed by atoms with Crippen molar-refractivity contribution in [3.8, 4) is 61.3 Å². The van der Waals surface area contributed by atoms with Crippen LogP contribution < -0.4 is 4.90 Å². The quantitative estimate of drug-likeness (QED) is 0.141. The summed E-state index contributed by atoms with van der Waals surface area (Å²) in [5.41, 5.74) is 18.5. The molecule has 0 fully saturated rings. The molecular formula is C64H44N2. The summed E-state index contributed by atoms with van der Waals surface area (Å²) in [5, 5.41) is 4.99. The van der Waals surface area contributed by atoms with Crippen LogP contribution in [0.2, 0.25) is 0 Å². The first-order valence-electron chi connectivity index (χ1n) is 22.7. The standard InChI is InChI=1S/C64H44N2/c1-3-18-49(19-4-1)56-25-9-10-28-60(56)64-57(50-20-5-2-6-21-50)29-16-32-63(64)65(54-23-15-24-55(44-54)66-61-30-13-11-26-58(61)59-27-12-14-31-62(59)66)53-41-39-47(40-42-53)46-33-35-48(36-34-46)52-38-37-45-17-7-8-22-51(45)43-52/h1-44H. The maximum absolute atomic E-state index is 2.45. The number of fused-ring (bicyclic) bond motifs is 4. The molecule has 0 aliphatic carbocycles. The monoisotopic (exact) mass is 840 g/mol. The van der Waals surface area contributed by atoms with Crippen LogP contribution in [0, 0.1) is 0 Å². The number of hydrogen-bond acceptors (Lipinski definition) is 1. The molecule has 0 spiro atoms. The normalized spacial score (nSPS) is 11.3. The molecule has 2 heteroatoms. The molecule has 1 aromatic heterocycles. The van der Waals surface area contributed by atoms with Crippen molar-refractivity contribution in [2.45, 2.75) is 0 Å². The van der Waals surface area contributed by atoms with E-state index in [4.69, 9.17) is 0 Å². The maximum atomic E-state index is 2.45. The Morgan fingerprint density at radius 2 is 0.773 bits per heavy atom. The van der Waals surface area contributed by atoms with E-state index in [0.717, 1.165) is 28.3 Å². The Morgan fingerprint density at radius 3 is 1.45 bits per heavy atom. The van der Waals surface area contributed by atoms with Gasteiger partial charge in [0.1, 0.15) is 0 Å². The molecule has 310 valence electrons. The van der Waals surface area contributed by atoms with Gasteiger partial charge in [0.2, 0.25) is 0 Å². The second kappa shape index (κ2) is 16.8. The predicted molar refractivity (Wildman–Crippen MR) is 280 cm³/mol. The summed E-state index contributed by atoms with van der Waals surface area (Å²) in [6, 6.07) is 97.0. The molecule has 0 N–H and O–H groups in total. The molecular weight excluding hydrogens is 797 g/mol. The van der Waals surface area contributed by atoms with Gasteiger partial charge >= 0.3 is 0 Å². The first-order chi connectivity index (χ1) is 32.7. The lowest BCUT2D eigenvalue weighted by Gasteiger charge is -2.30. The lowest BCUT2D eigenvalue weighted by molar-refractivity contribution is 1.17. The highest BCUT2D eigenvalue weighted by molar-refractivity contribution is 6.09. The Bertz CT molecular complexity index is 3630. The summed E-state index contributed by atoms with van der Waals surface area (Å²) < 4.78 is 2.41. The van der Waals surface area contributed by atoms with Crippen LogP contribution in [-0.2, 0) is 0 Å². The van der Waals surface area contributed by atoms with Gasteiger partial charge < -0.3 is 9.47 Å². The number of para-hydroxylation sites is 2. The lowest BCUT2D eigenvalue weighted by Crippen LogP contribution is -2.12. The average molecular weight is 841 g/mol. The number of hydrogen-bond donors (Lipinski definition) is 0. The van der Waals surface area contributed by atoms with Gasteiger partial charge in [-0.1, -0.05) is 212 Å². The van der Waals surface area contributed by atoms with Crippen molar-refractivity contribution in [2.24, 2.45) is 0 Å². The molecule has 0 aliphatic rings. The summed E-state index contributed by atoms with van der Waals surface area (Å²) in [7, 11) is 0. The highest BCUT2D eigenvalue weighted by Gasteiger charge is 2.24. The molecule has 0 aliphatic heterocycles. The zero-order chi connectivity index (χ0) is 43.8. The minimum atomic E-state index is 1.06. The molecule has 0 saturated carbocycles. The van der Waals surface area contributed by atoms with Crippen molar-refractivity contribution in [1.82, 2.24) is 4.57 Å². The second-order valence-corrected chi connectivity index (χ2v) is 16.9. The minimum absolute atomic E-state index is 1.06. The second-order valence-electron chi connectivity index (χ2n) is 16.9. The molecule has 0 unspecified atom stereocenters. The molecule has 0 radical (unpaired) electrons. The molecule has 12 aromatic rings. The van der Waals surface area contributed by atoms with E-state index in [-0.39, 0.29) is 0 Å². The smallest absolute Gasteiger partial charge is 0.0546 e. The van der Waals surface area contributed by atoms with E-state index in [1.807, 2.05) is 0 Å². The largest absolute Gasteiger partial charge is 0.310 e. The van der Waals surface area contributed by atoms with Crippen LogP contribution in [-0.4, -0.2) is 4.57 Å². The Labute approximate surface area is 385 Å². The third-order valence-corrected chi connectivity index (χ3v) is 13.0. The molecule has 1 heterocycles. The average Bonchev–Trinajstić information content (AvgIpc) is 3.74.